The summed E-state index contributed by atoms with van der Waals surface area (Å²) in [5.74, 6) is 5.91. The van der Waals surface area contributed by atoms with Crippen LogP contribution in [0.25, 0.3) is 0 Å². The number of ether oxygens (including phenoxy) is 1. The zero-order valence-electron chi connectivity index (χ0n) is 12.5. The Morgan fingerprint density at radius 1 is 1.62 bits per heavy atom. The fourth-order valence-electron chi connectivity index (χ4n) is 2.32. The predicted octanol–water partition coefficient (Wildman–Crippen LogP) is 2.12. The lowest BCUT2D eigenvalue weighted by molar-refractivity contribution is -0.0443. The Kier molecular flexibility index (Phi) is 5.80. The van der Waals surface area contributed by atoms with E-state index < -0.39 is 0 Å². The van der Waals surface area contributed by atoms with E-state index in [1.54, 1.807) is 0 Å². The van der Waals surface area contributed by atoms with E-state index in [4.69, 9.17) is 9.84 Å². The van der Waals surface area contributed by atoms with Crippen molar-refractivity contribution in [3.05, 3.63) is 21.9 Å². The summed E-state index contributed by atoms with van der Waals surface area (Å²) < 4.78 is 5.63. The molecule has 1 aromatic heterocycles. The number of thiophene rings is 1. The van der Waals surface area contributed by atoms with Crippen molar-refractivity contribution in [1.29, 1.82) is 0 Å². The summed E-state index contributed by atoms with van der Waals surface area (Å²) in [6.07, 6.45) is 1.44. The van der Waals surface area contributed by atoms with Gasteiger partial charge >= 0.3 is 0 Å². The van der Waals surface area contributed by atoms with Crippen LogP contribution < -0.4 is 0 Å². The summed E-state index contributed by atoms with van der Waals surface area (Å²) in [5, 5.41) is 10.6. The van der Waals surface area contributed by atoms with Crippen LogP contribution in [-0.4, -0.2) is 47.8 Å². The Labute approximate surface area is 129 Å². The molecule has 1 saturated heterocycles. The van der Waals surface area contributed by atoms with E-state index in [9.17, 15) is 4.79 Å². The summed E-state index contributed by atoms with van der Waals surface area (Å²) in [4.78, 5) is 15.4. The van der Waals surface area contributed by atoms with Crippen molar-refractivity contribution >= 4 is 17.2 Å². The van der Waals surface area contributed by atoms with Gasteiger partial charge in [-0.1, -0.05) is 18.8 Å². The van der Waals surface area contributed by atoms with Crippen molar-refractivity contribution in [2.75, 3.05) is 19.8 Å². The number of aliphatic hydroxyl groups excluding tert-OH is 1. The third-order valence-electron chi connectivity index (χ3n) is 3.49. The minimum Gasteiger partial charge on any atom is -0.395 e. The Balaban J connectivity index is 2.10. The third kappa shape index (κ3) is 4.07. The number of amides is 1. The first-order valence-corrected chi connectivity index (χ1v) is 8.14. The molecule has 0 aliphatic carbocycles. The fourth-order valence-corrected chi connectivity index (χ4v) is 3.07. The molecule has 1 aromatic rings. The van der Waals surface area contributed by atoms with Gasteiger partial charge in [0.05, 0.1) is 35.8 Å². The summed E-state index contributed by atoms with van der Waals surface area (Å²) in [7, 11) is 0. The van der Waals surface area contributed by atoms with Crippen molar-refractivity contribution in [2.45, 2.75) is 38.8 Å². The SMILES string of the molecule is CCC1COC(C)CN1C(=O)c1csc(C#CCCO)c1. The molecular formula is C16H21NO3S. The number of carbonyl (C=O) groups excluding carboxylic acids is 1. The largest absolute Gasteiger partial charge is 0.395 e. The molecule has 2 heterocycles. The average molecular weight is 307 g/mol. The van der Waals surface area contributed by atoms with Crippen LogP contribution in [0.4, 0.5) is 0 Å². The molecule has 1 fully saturated rings. The molecule has 1 aliphatic rings. The lowest BCUT2D eigenvalue weighted by atomic mass is 10.1. The van der Waals surface area contributed by atoms with E-state index in [0.29, 0.717) is 25.1 Å². The maximum Gasteiger partial charge on any atom is 0.255 e. The van der Waals surface area contributed by atoms with Gasteiger partial charge in [-0.15, -0.1) is 11.3 Å². The Bertz CT molecular complexity index is 543. The number of aliphatic hydroxyl groups is 1. The fraction of sp³-hybridized carbons (Fsp3) is 0.562. The van der Waals surface area contributed by atoms with Gasteiger partial charge in [-0.05, 0) is 19.4 Å². The second-order valence-corrected chi connectivity index (χ2v) is 6.05. The van der Waals surface area contributed by atoms with E-state index in [0.717, 1.165) is 11.3 Å². The van der Waals surface area contributed by atoms with Crippen LogP contribution in [0.2, 0.25) is 0 Å². The highest BCUT2D eigenvalue weighted by molar-refractivity contribution is 7.10. The quantitative estimate of drug-likeness (QED) is 0.870. The first kappa shape index (κ1) is 16.0. The molecule has 2 unspecified atom stereocenters. The molecule has 0 spiro atoms. The highest BCUT2D eigenvalue weighted by Gasteiger charge is 2.30. The van der Waals surface area contributed by atoms with Crippen molar-refractivity contribution in [2.24, 2.45) is 0 Å². The Hall–Kier alpha value is -1.35. The van der Waals surface area contributed by atoms with Crippen molar-refractivity contribution in [3.63, 3.8) is 0 Å². The van der Waals surface area contributed by atoms with Crippen LogP contribution in [-0.2, 0) is 4.74 Å². The summed E-state index contributed by atoms with van der Waals surface area (Å²) in [6, 6.07) is 1.99. The van der Waals surface area contributed by atoms with E-state index in [1.807, 2.05) is 23.3 Å². The maximum absolute atomic E-state index is 12.6. The molecule has 1 N–H and O–H groups in total. The minimum absolute atomic E-state index is 0.0588. The normalized spacial score (nSPS) is 21.8. The van der Waals surface area contributed by atoms with Gasteiger partial charge in [0.1, 0.15) is 0 Å². The van der Waals surface area contributed by atoms with Crippen molar-refractivity contribution < 1.29 is 14.6 Å². The number of carbonyl (C=O) groups is 1. The molecule has 4 nitrogen and oxygen atoms in total. The third-order valence-corrected chi connectivity index (χ3v) is 4.34. The Morgan fingerprint density at radius 2 is 2.43 bits per heavy atom. The van der Waals surface area contributed by atoms with Gasteiger partial charge in [-0.25, -0.2) is 0 Å². The maximum atomic E-state index is 12.6. The topological polar surface area (TPSA) is 49.8 Å². The first-order chi connectivity index (χ1) is 10.2. The molecule has 1 aliphatic heterocycles. The zero-order valence-corrected chi connectivity index (χ0v) is 13.3. The second kappa shape index (κ2) is 7.60. The van der Waals surface area contributed by atoms with Crippen LogP contribution >= 0.6 is 11.3 Å². The lowest BCUT2D eigenvalue weighted by Crippen LogP contribution is -2.51. The standard InChI is InChI=1S/C16H21NO3S/c1-3-14-10-20-12(2)9-17(14)16(19)13-8-15(21-11-13)6-4-5-7-18/h8,11-12,14,18H,3,5,7,9-10H2,1-2H3. The van der Waals surface area contributed by atoms with Gasteiger partial charge in [0.15, 0.2) is 0 Å². The molecule has 0 aromatic carbocycles. The molecular weight excluding hydrogens is 286 g/mol. The van der Waals surface area contributed by atoms with E-state index in [-0.39, 0.29) is 24.7 Å². The number of rotatable bonds is 3. The molecule has 5 heteroatoms. The molecule has 2 atom stereocenters. The first-order valence-electron chi connectivity index (χ1n) is 7.26. The molecule has 0 bridgehead atoms. The van der Waals surface area contributed by atoms with Crippen LogP contribution in [0.5, 0.6) is 0 Å². The zero-order chi connectivity index (χ0) is 15.2. The van der Waals surface area contributed by atoms with Crippen LogP contribution in [0.3, 0.4) is 0 Å². The van der Waals surface area contributed by atoms with Gasteiger partial charge in [0.2, 0.25) is 0 Å². The van der Waals surface area contributed by atoms with Crippen molar-refractivity contribution in [3.8, 4) is 11.8 Å². The predicted molar refractivity (Wildman–Crippen MR) is 83.4 cm³/mol. The van der Waals surface area contributed by atoms with Gasteiger partial charge in [0, 0.05) is 18.3 Å². The molecule has 114 valence electrons. The summed E-state index contributed by atoms with van der Waals surface area (Å²) in [5.41, 5.74) is 0.695. The minimum atomic E-state index is 0.0588. The highest BCUT2D eigenvalue weighted by atomic mass is 32.1. The number of nitrogens with zero attached hydrogens (tertiary/aromatic N) is 1. The molecule has 1 amide bonds. The van der Waals surface area contributed by atoms with Gasteiger partial charge in [-0.2, -0.15) is 0 Å². The van der Waals surface area contributed by atoms with E-state index in [1.165, 1.54) is 11.3 Å². The number of hydrogen-bond donors (Lipinski definition) is 1. The van der Waals surface area contributed by atoms with Crippen LogP contribution in [0.15, 0.2) is 11.4 Å². The van der Waals surface area contributed by atoms with Gasteiger partial charge in [0.25, 0.3) is 5.91 Å². The monoisotopic (exact) mass is 307 g/mol. The van der Waals surface area contributed by atoms with Crippen LogP contribution in [0, 0.1) is 11.8 Å². The van der Waals surface area contributed by atoms with Crippen LogP contribution in [0.1, 0.15) is 41.9 Å². The van der Waals surface area contributed by atoms with E-state index in [2.05, 4.69) is 18.8 Å². The number of morpholine rings is 1. The smallest absolute Gasteiger partial charge is 0.255 e. The molecule has 21 heavy (non-hydrogen) atoms. The van der Waals surface area contributed by atoms with Crippen molar-refractivity contribution in [1.82, 2.24) is 4.90 Å². The molecule has 0 saturated carbocycles. The van der Waals surface area contributed by atoms with Gasteiger partial charge in [-0.3, -0.25) is 4.79 Å². The lowest BCUT2D eigenvalue weighted by Gasteiger charge is -2.38. The highest BCUT2D eigenvalue weighted by Crippen LogP contribution is 2.21. The summed E-state index contributed by atoms with van der Waals surface area (Å²) in [6.45, 7) is 5.37. The van der Waals surface area contributed by atoms with E-state index >= 15 is 0 Å². The molecule has 0 radical (unpaired) electrons. The average Bonchev–Trinajstić information content (AvgIpc) is 2.95. The number of hydrogen-bond acceptors (Lipinski definition) is 4. The second-order valence-electron chi connectivity index (χ2n) is 5.14. The Morgan fingerprint density at radius 3 is 3.14 bits per heavy atom. The summed E-state index contributed by atoms with van der Waals surface area (Å²) >= 11 is 1.47. The molecule has 2 rings (SSSR count). The van der Waals surface area contributed by atoms with Gasteiger partial charge < -0.3 is 14.7 Å².